The van der Waals surface area contributed by atoms with Crippen LogP contribution in [0.4, 0.5) is 11.9 Å². The van der Waals surface area contributed by atoms with Crippen molar-refractivity contribution in [3.63, 3.8) is 0 Å². The van der Waals surface area contributed by atoms with Crippen molar-refractivity contribution in [2.45, 2.75) is 18.9 Å². The van der Waals surface area contributed by atoms with E-state index in [2.05, 4.69) is 37.2 Å². The van der Waals surface area contributed by atoms with Crippen molar-refractivity contribution in [3.05, 3.63) is 0 Å². The maximum Gasteiger partial charge on any atom is 0.322 e. The second-order valence-electron chi connectivity index (χ2n) is 4.74. The minimum Gasteiger partial charge on any atom is -0.467 e. The number of hydrogen-bond donors (Lipinski definition) is 2. The molecule has 0 atom stereocenters. The van der Waals surface area contributed by atoms with Crippen LogP contribution in [-0.2, 0) is 0 Å². The summed E-state index contributed by atoms with van der Waals surface area (Å²) in [5, 5.41) is 0. The summed E-state index contributed by atoms with van der Waals surface area (Å²) in [6.07, 6.45) is 2.18. The van der Waals surface area contributed by atoms with E-state index in [1.165, 1.54) is 7.11 Å². The third-order valence-corrected chi connectivity index (χ3v) is 3.47. The zero-order valence-electron chi connectivity index (χ0n) is 11.6. The predicted octanol–water partition coefficient (Wildman–Crippen LogP) is -0.304. The Hall–Kier alpha value is -1.67. The summed E-state index contributed by atoms with van der Waals surface area (Å²) in [6, 6.07) is 0.687. The Morgan fingerprint density at radius 3 is 2.58 bits per heavy atom. The first-order valence-corrected chi connectivity index (χ1v) is 6.32. The van der Waals surface area contributed by atoms with Crippen LogP contribution < -0.4 is 20.9 Å². The molecule has 2 rings (SSSR count). The number of nitrogens with two attached hydrogens (primary N) is 1. The van der Waals surface area contributed by atoms with Crippen LogP contribution in [0.2, 0.25) is 0 Å². The van der Waals surface area contributed by atoms with E-state index in [9.17, 15) is 0 Å². The Balaban J connectivity index is 2.15. The summed E-state index contributed by atoms with van der Waals surface area (Å²) < 4.78 is 5.06. The lowest BCUT2D eigenvalue weighted by atomic mass is 10.0. The summed E-state index contributed by atoms with van der Waals surface area (Å²) in [5.74, 6) is 6.24. The molecule has 0 aromatic carbocycles. The third kappa shape index (κ3) is 3.21. The first kappa shape index (κ1) is 13.8. The van der Waals surface area contributed by atoms with E-state index in [1.807, 2.05) is 7.05 Å². The van der Waals surface area contributed by atoms with Crippen LogP contribution in [0.1, 0.15) is 12.8 Å². The monoisotopic (exact) mass is 267 g/mol. The van der Waals surface area contributed by atoms with Crippen LogP contribution in [0.25, 0.3) is 0 Å². The first-order chi connectivity index (χ1) is 9.13. The molecule has 1 aliphatic rings. The molecule has 0 radical (unpaired) electrons. The topological polar surface area (TPSA) is 92.4 Å². The molecule has 1 saturated heterocycles. The molecule has 3 N–H and O–H groups in total. The average molecular weight is 267 g/mol. The maximum atomic E-state index is 5.36. The van der Waals surface area contributed by atoms with Crippen LogP contribution in [0.15, 0.2) is 0 Å². The van der Waals surface area contributed by atoms with Gasteiger partial charge in [-0.05, 0) is 33.0 Å². The van der Waals surface area contributed by atoms with E-state index in [4.69, 9.17) is 10.6 Å². The van der Waals surface area contributed by atoms with Gasteiger partial charge in [0.25, 0.3) is 0 Å². The summed E-state index contributed by atoms with van der Waals surface area (Å²) in [5.41, 5.74) is 2.43. The van der Waals surface area contributed by atoms with Gasteiger partial charge in [0.05, 0.1) is 7.11 Å². The first-order valence-electron chi connectivity index (χ1n) is 6.32. The van der Waals surface area contributed by atoms with E-state index < -0.39 is 0 Å². The Kier molecular flexibility index (Phi) is 4.33. The van der Waals surface area contributed by atoms with Gasteiger partial charge in [-0.25, -0.2) is 5.84 Å². The highest BCUT2D eigenvalue weighted by molar-refractivity contribution is 5.38. The van der Waals surface area contributed by atoms with Crippen molar-refractivity contribution in [2.75, 3.05) is 44.6 Å². The fourth-order valence-corrected chi connectivity index (χ4v) is 2.20. The highest BCUT2D eigenvalue weighted by atomic mass is 16.5. The Morgan fingerprint density at radius 1 is 1.32 bits per heavy atom. The molecule has 0 spiro atoms. The molecule has 8 nitrogen and oxygen atoms in total. The molecular formula is C11H21N7O. The van der Waals surface area contributed by atoms with E-state index in [0.717, 1.165) is 25.9 Å². The van der Waals surface area contributed by atoms with Crippen LogP contribution in [0.5, 0.6) is 6.01 Å². The minimum atomic E-state index is 0.262. The normalized spacial score (nSPS) is 17.3. The minimum absolute atomic E-state index is 0.262. The lowest BCUT2D eigenvalue weighted by molar-refractivity contribution is 0.251. The number of methoxy groups -OCH3 is 1. The standard InChI is InChI=1S/C11H21N7O/c1-17-6-4-8(5-7-17)18(2)10-13-9(16-12)14-11(15-10)19-3/h8H,4-7,12H2,1-3H3,(H,13,14,15,16). The quantitative estimate of drug-likeness (QED) is 0.567. The van der Waals surface area contributed by atoms with Crippen molar-refractivity contribution in [1.82, 2.24) is 19.9 Å². The lowest BCUT2D eigenvalue weighted by Crippen LogP contribution is -2.42. The number of nitrogens with one attached hydrogen (secondary N) is 1. The maximum absolute atomic E-state index is 5.36. The molecule has 1 aromatic rings. The van der Waals surface area contributed by atoms with Gasteiger partial charge in [-0.3, -0.25) is 5.43 Å². The van der Waals surface area contributed by atoms with E-state index in [0.29, 0.717) is 17.9 Å². The van der Waals surface area contributed by atoms with Crippen LogP contribution in [0.3, 0.4) is 0 Å². The van der Waals surface area contributed by atoms with Crippen molar-refractivity contribution in [1.29, 1.82) is 0 Å². The third-order valence-electron chi connectivity index (χ3n) is 3.47. The molecule has 0 aliphatic carbocycles. The van der Waals surface area contributed by atoms with Crippen LogP contribution in [0, 0.1) is 0 Å². The summed E-state index contributed by atoms with van der Waals surface area (Å²) in [6.45, 7) is 2.17. The van der Waals surface area contributed by atoms with Crippen LogP contribution >= 0.6 is 0 Å². The zero-order chi connectivity index (χ0) is 13.8. The Morgan fingerprint density at radius 2 is 2.00 bits per heavy atom. The number of ether oxygens (including phenoxy) is 1. The van der Waals surface area contributed by atoms with Gasteiger partial charge in [0.2, 0.25) is 11.9 Å². The molecule has 0 unspecified atom stereocenters. The summed E-state index contributed by atoms with van der Waals surface area (Å²) in [7, 11) is 5.65. The molecule has 19 heavy (non-hydrogen) atoms. The number of rotatable bonds is 4. The predicted molar refractivity (Wildman–Crippen MR) is 73.1 cm³/mol. The van der Waals surface area contributed by atoms with Gasteiger partial charge >= 0.3 is 6.01 Å². The molecule has 0 saturated carbocycles. The van der Waals surface area contributed by atoms with Gasteiger partial charge in [0.15, 0.2) is 0 Å². The SMILES string of the molecule is COc1nc(NN)nc(N(C)C2CCN(C)CC2)n1. The molecule has 2 heterocycles. The van der Waals surface area contributed by atoms with E-state index in [1.54, 1.807) is 0 Å². The van der Waals surface area contributed by atoms with Gasteiger partial charge in [-0.2, -0.15) is 15.0 Å². The molecule has 0 amide bonds. The molecule has 106 valence electrons. The fraction of sp³-hybridized carbons (Fsp3) is 0.727. The zero-order valence-corrected chi connectivity index (χ0v) is 11.6. The molecular weight excluding hydrogens is 246 g/mol. The van der Waals surface area contributed by atoms with Crippen molar-refractivity contribution in [3.8, 4) is 6.01 Å². The number of likely N-dealkylation sites (tertiary alicyclic amines) is 1. The number of hydrazine groups is 1. The van der Waals surface area contributed by atoms with E-state index >= 15 is 0 Å². The molecule has 1 fully saturated rings. The second-order valence-corrected chi connectivity index (χ2v) is 4.74. The smallest absolute Gasteiger partial charge is 0.322 e. The number of nitrogen functional groups attached to an aromatic ring is 1. The molecule has 0 bridgehead atoms. The molecule has 1 aromatic heterocycles. The fourth-order valence-electron chi connectivity index (χ4n) is 2.20. The number of piperidine rings is 1. The van der Waals surface area contributed by atoms with Gasteiger partial charge in [-0.15, -0.1) is 0 Å². The molecule has 1 aliphatic heterocycles. The van der Waals surface area contributed by atoms with Gasteiger partial charge in [0, 0.05) is 13.1 Å². The lowest BCUT2D eigenvalue weighted by Gasteiger charge is -2.35. The molecule has 8 heteroatoms. The van der Waals surface area contributed by atoms with Gasteiger partial charge < -0.3 is 14.5 Å². The van der Waals surface area contributed by atoms with Crippen molar-refractivity contribution < 1.29 is 4.74 Å². The summed E-state index contributed by atoms with van der Waals surface area (Å²) >= 11 is 0. The number of nitrogens with zero attached hydrogens (tertiary/aromatic N) is 5. The Labute approximate surface area is 112 Å². The Bertz CT molecular complexity index is 397. The van der Waals surface area contributed by atoms with Crippen LogP contribution in [-0.4, -0.2) is 60.2 Å². The largest absolute Gasteiger partial charge is 0.467 e. The average Bonchev–Trinajstić information content (AvgIpc) is 2.46. The summed E-state index contributed by atoms with van der Waals surface area (Å²) in [4.78, 5) is 16.9. The van der Waals surface area contributed by atoms with Crippen molar-refractivity contribution in [2.24, 2.45) is 5.84 Å². The highest BCUT2D eigenvalue weighted by Crippen LogP contribution is 2.20. The number of aromatic nitrogens is 3. The highest BCUT2D eigenvalue weighted by Gasteiger charge is 2.23. The van der Waals surface area contributed by atoms with E-state index in [-0.39, 0.29) is 6.01 Å². The number of hydrogen-bond acceptors (Lipinski definition) is 8. The second kappa shape index (κ2) is 5.98. The van der Waals surface area contributed by atoms with Crippen molar-refractivity contribution >= 4 is 11.9 Å². The number of anilines is 2. The van der Waals surface area contributed by atoms with Gasteiger partial charge in [-0.1, -0.05) is 0 Å². The van der Waals surface area contributed by atoms with Gasteiger partial charge in [0.1, 0.15) is 0 Å².